The lowest BCUT2D eigenvalue weighted by molar-refractivity contribution is 0.194. The third-order valence-corrected chi connectivity index (χ3v) is 4.72. The molecule has 7 nitrogen and oxygen atoms in total. The predicted molar refractivity (Wildman–Crippen MR) is 108 cm³/mol. The SMILES string of the molecule is COc1ccc(N2CCN(C(=O)NCc3ccc(N(C)C)nc3)CC2)cc1. The Bertz CT molecular complexity index is 738. The first kappa shape index (κ1) is 18.8. The lowest BCUT2D eigenvalue weighted by atomic mass is 10.2. The van der Waals surface area contributed by atoms with E-state index in [0.29, 0.717) is 19.6 Å². The van der Waals surface area contributed by atoms with Crippen molar-refractivity contribution in [1.29, 1.82) is 0 Å². The summed E-state index contributed by atoms with van der Waals surface area (Å²) in [4.78, 5) is 22.9. The zero-order valence-electron chi connectivity index (χ0n) is 16.2. The van der Waals surface area contributed by atoms with Crippen molar-refractivity contribution in [3.8, 4) is 5.75 Å². The van der Waals surface area contributed by atoms with Crippen molar-refractivity contribution in [3.63, 3.8) is 0 Å². The third-order valence-electron chi connectivity index (χ3n) is 4.72. The van der Waals surface area contributed by atoms with Gasteiger partial charge in [-0.25, -0.2) is 9.78 Å². The van der Waals surface area contributed by atoms with E-state index in [0.717, 1.165) is 35.9 Å². The third kappa shape index (κ3) is 4.81. The molecule has 0 saturated carbocycles. The van der Waals surface area contributed by atoms with Gasteiger partial charge in [-0.1, -0.05) is 6.07 Å². The number of methoxy groups -OCH3 is 1. The Balaban J connectivity index is 1.46. The van der Waals surface area contributed by atoms with Crippen LogP contribution in [-0.4, -0.2) is 63.3 Å². The van der Waals surface area contributed by atoms with Crippen LogP contribution in [0.4, 0.5) is 16.3 Å². The number of pyridine rings is 1. The van der Waals surface area contributed by atoms with Crippen LogP contribution in [-0.2, 0) is 6.54 Å². The maximum Gasteiger partial charge on any atom is 0.317 e. The van der Waals surface area contributed by atoms with E-state index < -0.39 is 0 Å². The number of ether oxygens (including phenoxy) is 1. The van der Waals surface area contributed by atoms with Crippen LogP contribution in [0.5, 0.6) is 5.75 Å². The monoisotopic (exact) mass is 369 g/mol. The fourth-order valence-corrected chi connectivity index (χ4v) is 3.04. The number of amides is 2. The zero-order chi connectivity index (χ0) is 19.2. The molecule has 0 aliphatic carbocycles. The standard InChI is InChI=1S/C20H27N5O2/c1-23(2)19-9-4-16(14-21-19)15-22-20(26)25-12-10-24(11-13-25)17-5-7-18(27-3)8-6-17/h4-9,14H,10-13,15H2,1-3H3,(H,22,26). The van der Waals surface area contributed by atoms with Crippen molar-refractivity contribution in [1.82, 2.24) is 15.2 Å². The minimum atomic E-state index is -0.0268. The molecule has 2 amide bonds. The van der Waals surface area contributed by atoms with Gasteiger partial charge in [0, 0.05) is 58.7 Å². The molecule has 2 aromatic rings. The van der Waals surface area contributed by atoms with E-state index in [4.69, 9.17) is 4.74 Å². The van der Waals surface area contributed by atoms with Gasteiger partial charge in [0.25, 0.3) is 0 Å². The van der Waals surface area contributed by atoms with Crippen molar-refractivity contribution >= 4 is 17.5 Å². The van der Waals surface area contributed by atoms with E-state index >= 15 is 0 Å². The molecule has 1 aliphatic heterocycles. The average Bonchev–Trinajstić information content (AvgIpc) is 2.72. The van der Waals surface area contributed by atoms with Gasteiger partial charge in [-0.2, -0.15) is 0 Å². The average molecular weight is 369 g/mol. The van der Waals surface area contributed by atoms with E-state index in [9.17, 15) is 4.79 Å². The Hall–Kier alpha value is -2.96. The first-order valence-electron chi connectivity index (χ1n) is 9.11. The molecule has 0 atom stereocenters. The Morgan fingerprint density at radius 3 is 2.37 bits per heavy atom. The fraction of sp³-hybridized carbons (Fsp3) is 0.400. The van der Waals surface area contributed by atoms with Crippen molar-refractivity contribution in [2.45, 2.75) is 6.54 Å². The Morgan fingerprint density at radius 2 is 1.81 bits per heavy atom. The van der Waals surface area contributed by atoms with Crippen LogP contribution < -0.4 is 19.9 Å². The van der Waals surface area contributed by atoms with Crippen molar-refractivity contribution < 1.29 is 9.53 Å². The van der Waals surface area contributed by atoms with Gasteiger partial charge in [-0.05, 0) is 35.9 Å². The maximum atomic E-state index is 12.4. The number of carbonyl (C=O) groups is 1. The van der Waals surface area contributed by atoms with Gasteiger partial charge in [0.05, 0.1) is 7.11 Å². The lowest BCUT2D eigenvalue weighted by Gasteiger charge is -2.36. The molecule has 1 aromatic heterocycles. The molecule has 0 spiro atoms. The predicted octanol–water partition coefficient (Wildman–Crippen LogP) is 2.19. The smallest absolute Gasteiger partial charge is 0.317 e. The van der Waals surface area contributed by atoms with Crippen molar-refractivity contribution in [2.75, 3.05) is 57.2 Å². The lowest BCUT2D eigenvalue weighted by Crippen LogP contribution is -2.51. The van der Waals surface area contributed by atoms with Crippen molar-refractivity contribution in [3.05, 3.63) is 48.2 Å². The summed E-state index contributed by atoms with van der Waals surface area (Å²) in [5.74, 6) is 1.75. The molecule has 1 N–H and O–H groups in total. The van der Waals surface area contributed by atoms with Gasteiger partial charge in [0.15, 0.2) is 0 Å². The minimum absolute atomic E-state index is 0.0268. The van der Waals surface area contributed by atoms with E-state index in [1.165, 1.54) is 0 Å². The van der Waals surface area contributed by atoms with Gasteiger partial charge in [0.1, 0.15) is 11.6 Å². The second kappa shape index (κ2) is 8.62. The number of hydrogen-bond acceptors (Lipinski definition) is 5. The molecule has 1 aromatic carbocycles. The van der Waals surface area contributed by atoms with Gasteiger partial charge in [-0.15, -0.1) is 0 Å². The molecule has 144 valence electrons. The highest BCUT2D eigenvalue weighted by molar-refractivity contribution is 5.74. The summed E-state index contributed by atoms with van der Waals surface area (Å²) in [6.07, 6.45) is 1.80. The maximum absolute atomic E-state index is 12.4. The summed E-state index contributed by atoms with van der Waals surface area (Å²) in [7, 11) is 5.57. The van der Waals surface area contributed by atoms with Crippen LogP contribution in [0.15, 0.2) is 42.6 Å². The van der Waals surface area contributed by atoms with Gasteiger partial charge < -0.3 is 24.8 Å². The Kier molecular flexibility index (Phi) is 6.01. The first-order valence-corrected chi connectivity index (χ1v) is 9.11. The van der Waals surface area contributed by atoms with E-state index in [-0.39, 0.29) is 6.03 Å². The van der Waals surface area contributed by atoms with E-state index in [1.54, 1.807) is 13.3 Å². The Morgan fingerprint density at radius 1 is 1.11 bits per heavy atom. The second-order valence-electron chi connectivity index (χ2n) is 6.75. The summed E-state index contributed by atoms with van der Waals surface area (Å²) >= 11 is 0. The molecule has 3 rings (SSSR count). The van der Waals surface area contributed by atoms with Gasteiger partial charge >= 0.3 is 6.03 Å². The highest BCUT2D eigenvalue weighted by atomic mass is 16.5. The minimum Gasteiger partial charge on any atom is -0.497 e. The highest BCUT2D eigenvalue weighted by Crippen LogP contribution is 2.20. The van der Waals surface area contributed by atoms with Crippen LogP contribution in [0.25, 0.3) is 0 Å². The zero-order valence-corrected chi connectivity index (χ0v) is 16.2. The summed E-state index contributed by atoms with van der Waals surface area (Å²) in [5.41, 5.74) is 2.15. The molecule has 1 fully saturated rings. The second-order valence-corrected chi connectivity index (χ2v) is 6.75. The largest absolute Gasteiger partial charge is 0.497 e. The van der Waals surface area contributed by atoms with Crippen molar-refractivity contribution in [2.24, 2.45) is 0 Å². The molecule has 0 bridgehead atoms. The summed E-state index contributed by atoms with van der Waals surface area (Å²) < 4.78 is 5.20. The number of anilines is 2. The van der Waals surface area contributed by atoms with Crippen LogP contribution >= 0.6 is 0 Å². The molecule has 7 heteroatoms. The van der Waals surface area contributed by atoms with Gasteiger partial charge in [-0.3, -0.25) is 0 Å². The number of urea groups is 1. The van der Waals surface area contributed by atoms with Crippen LogP contribution in [0.1, 0.15) is 5.56 Å². The number of carbonyl (C=O) groups excluding carboxylic acids is 1. The fourth-order valence-electron chi connectivity index (χ4n) is 3.04. The summed E-state index contributed by atoms with van der Waals surface area (Å²) in [6.45, 7) is 3.53. The number of nitrogens with zero attached hydrogens (tertiary/aromatic N) is 4. The number of nitrogens with one attached hydrogen (secondary N) is 1. The summed E-state index contributed by atoms with van der Waals surface area (Å²) in [6, 6.07) is 12.0. The molecule has 1 saturated heterocycles. The Labute approximate surface area is 160 Å². The molecule has 0 unspecified atom stereocenters. The number of rotatable bonds is 5. The number of hydrogen-bond donors (Lipinski definition) is 1. The normalized spacial score (nSPS) is 14.0. The molecule has 27 heavy (non-hydrogen) atoms. The quantitative estimate of drug-likeness (QED) is 0.875. The number of piperazine rings is 1. The number of benzene rings is 1. The van der Waals surface area contributed by atoms with Crippen LogP contribution in [0.2, 0.25) is 0 Å². The number of aromatic nitrogens is 1. The van der Waals surface area contributed by atoms with Crippen LogP contribution in [0.3, 0.4) is 0 Å². The molecule has 1 aliphatic rings. The molecule has 0 radical (unpaired) electrons. The van der Waals surface area contributed by atoms with E-state index in [2.05, 4.69) is 27.3 Å². The van der Waals surface area contributed by atoms with Crippen LogP contribution in [0, 0.1) is 0 Å². The van der Waals surface area contributed by atoms with E-state index in [1.807, 2.05) is 48.2 Å². The highest BCUT2D eigenvalue weighted by Gasteiger charge is 2.21. The topological polar surface area (TPSA) is 60.9 Å². The van der Waals surface area contributed by atoms with Gasteiger partial charge in [0.2, 0.25) is 0 Å². The molecular weight excluding hydrogens is 342 g/mol. The molecule has 2 heterocycles. The first-order chi connectivity index (χ1) is 13.1. The molecular formula is C20H27N5O2. The summed E-state index contributed by atoms with van der Waals surface area (Å²) in [5, 5.41) is 2.99.